The lowest BCUT2D eigenvalue weighted by atomic mass is 10.1. The highest BCUT2D eigenvalue weighted by molar-refractivity contribution is 7.44. The molecule has 0 aliphatic heterocycles. The van der Waals surface area contributed by atoms with Gasteiger partial charge in [0, 0.05) is 24.9 Å². The van der Waals surface area contributed by atoms with Gasteiger partial charge in [-0.15, -0.1) is 6.58 Å². The molecule has 0 rings (SSSR count). The standard InChI is InChI=1S/C39H77N2O7P/c1-11-14-16-18-19-20-21-23-25-27-37(42)47-36(26-24-22-17-15-12-2)28-30-44-31-35(40-38(43)48-39(8,9)10)32-46-49(45-29-13-3)41(33(4)5)34(6)7/h13,33-36H,3,11-12,14-32H2,1-2,4-10H3,(H,40,43)/t35-,36-,49?/m1/s1. The zero-order valence-electron chi connectivity index (χ0n) is 33.2. The van der Waals surface area contributed by atoms with Gasteiger partial charge in [-0.2, -0.15) is 0 Å². The van der Waals surface area contributed by atoms with Crippen molar-refractivity contribution in [1.29, 1.82) is 0 Å². The molecule has 9 nitrogen and oxygen atoms in total. The number of carbonyl (C=O) groups excluding carboxylic acids is 2. The minimum absolute atomic E-state index is 0.105. The van der Waals surface area contributed by atoms with Crippen molar-refractivity contribution >= 4 is 20.6 Å². The molecule has 0 aliphatic carbocycles. The monoisotopic (exact) mass is 717 g/mol. The number of hydrogen-bond acceptors (Lipinski definition) is 8. The van der Waals surface area contributed by atoms with Gasteiger partial charge in [0.15, 0.2) is 0 Å². The van der Waals surface area contributed by atoms with Gasteiger partial charge in [-0.1, -0.05) is 97.0 Å². The molecule has 1 amide bonds. The van der Waals surface area contributed by atoms with Crippen molar-refractivity contribution in [1.82, 2.24) is 9.99 Å². The van der Waals surface area contributed by atoms with E-state index in [0.29, 0.717) is 26.1 Å². The van der Waals surface area contributed by atoms with Gasteiger partial charge in [0.1, 0.15) is 11.7 Å². The van der Waals surface area contributed by atoms with Crippen LogP contribution in [0.4, 0.5) is 4.79 Å². The van der Waals surface area contributed by atoms with Crippen LogP contribution in [0.2, 0.25) is 0 Å². The van der Waals surface area contributed by atoms with Crippen molar-refractivity contribution in [3.63, 3.8) is 0 Å². The number of unbranched alkanes of at least 4 members (excludes halogenated alkanes) is 12. The molecule has 0 spiro atoms. The van der Waals surface area contributed by atoms with Crippen LogP contribution in [0.1, 0.15) is 171 Å². The van der Waals surface area contributed by atoms with Crippen molar-refractivity contribution in [3.8, 4) is 0 Å². The number of nitrogens with one attached hydrogen (secondary N) is 1. The van der Waals surface area contributed by atoms with Gasteiger partial charge in [-0.3, -0.25) is 4.79 Å². The topological polar surface area (TPSA) is 95.6 Å². The Balaban J connectivity index is 5.19. The Morgan fingerprint density at radius 1 is 0.776 bits per heavy atom. The summed E-state index contributed by atoms with van der Waals surface area (Å²) in [6.07, 6.45) is 19.7. The second kappa shape index (κ2) is 30.4. The van der Waals surface area contributed by atoms with Gasteiger partial charge < -0.3 is 28.6 Å². The molecule has 0 bridgehead atoms. The van der Waals surface area contributed by atoms with Crippen LogP contribution in [-0.2, 0) is 28.1 Å². The Hall–Kier alpha value is -1.25. The number of esters is 1. The molecule has 0 fully saturated rings. The lowest BCUT2D eigenvalue weighted by Gasteiger charge is -2.36. The van der Waals surface area contributed by atoms with Gasteiger partial charge in [0.2, 0.25) is 0 Å². The Morgan fingerprint density at radius 2 is 1.33 bits per heavy atom. The first kappa shape index (κ1) is 47.8. The first-order chi connectivity index (χ1) is 23.3. The van der Waals surface area contributed by atoms with E-state index in [2.05, 4.69) is 58.1 Å². The number of alkyl carbamates (subject to hydrolysis) is 1. The van der Waals surface area contributed by atoms with Gasteiger partial charge in [-0.25, -0.2) is 9.46 Å². The second-order valence-corrected chi connectivity index (χ2v) is 16.2. The Bertz CT molecular complexity index is 814. The predicted octanol–water partition coefficient (Wildman–Crippen LogP) is 11.0. The molecule has 0 aromatic carbocycles. The summed E-state index contributed by atoms with van der Waals surface area (Å²) in [5.41, 5.74) is -0.634. The van der Waals surface area contributed by atoms with E-state index in [9.17, 15) is 9.59 Å². The third-order valence-corrected chi connectivity index (χ3v) is 10.0. The lowest BCUT2D eigenvalue weighted by molar-refractivity contribution is -0.150. The molecule has 0 radical (unpaired) electrons. The van der Waals surface area contributed by atoms with Crippen LogP contribution >= 0.6 is 8.53 Å². The molecule has 3 atom stereocenters. The summed E-state index contributed by atoms with van der Waals surface area (Å²) in [5, 5.41) is 2.93. The molecule has 10 heteroatoms. The average molecular weight is 717 g/mol. The van der Waals surface area contributed by atoms with Gasteiger partial charge in [-0.05, 0) is 67.7 Å². The largest absolute Gasteiger partial charge is 0.462 e. The van der Waals surface area contributed by atoms with Crippen molar-refractivity contribution < 1.29 is 32.8 Å². The summed E-state index contributed by atoms with van der Waals surface area (Å²) in [5.74, 6) is -0.105. The molecule has 49 heavy (non-hydrogen) atoms. The zero-order valence-corrected chi connectivity index (χ0v) is 34.1. The summed E-state index contributed by atoms with van der Waals surface area (Å²) in [6.45, 7) is 23.4. The summed E-state index contributed by atoms with van der Waals surface area (Å²) in [6, 6.07) is -0.0622. The number of ether oxygens (including phenoxy) is 3. The van der Waals surface area contributed by atoms with Crippen molar-refractivity contribution in [3.05, 3.63) is 12.7 Å². The van der Waals surface area contributed by atoms with E-state index in [1.54, 1.807) is 6.08 Å². The highest BCUT2D eigenvalue weighted by atomic mass is 31.2. The van der Waals surface area contributed by atoms with Gasteiger partial charge in [0.25, 0.3) is 8.53 Å². The minimum Gasteiger partial charge on any atom is -0.462 e. The van der Waals surface area contributed by atoms with Gasteiger partial charge >= 0.3 is 12.1 Å². The van der Waals surface area contributed by atoms with Crippen LogP contribution in [0.15, 0.2) is 12.7 Å². The zero-order chi connectivity index (χ0) is 36.9. The first-order valence-electron chi connectivity index (χ1n) is 19.6. The molecular weight excluding hydrogens is 639 g/mol. The molecule has 1 unspecified atom stereocenters. The van der Waals surface area contributed by atoms with E-state index in [1.807, 2.05) is 20.8 Å². The summed E-state index contributed by atoms with van der Waals surface area (Å²) < 4.78 is 32.2. The number of nitrogens with zero attached hydrogens (tertiary/aromatic N) is 1. The Morgan fingerprint density at radius 3 is 1.86 bits per heavy atom. The van der Waals surface area contributed by atoms with Crippen molar-refractivity contribution in [2.24, 2.45) is 0 Å². The third kappa shape index (κ3) is 28.1. The molecular formula is C39H77N2O7P. The predicted molar refractivity (Wildman–Crippen MR) is 205 cm³/mol. The molecule has 0 aliphatic rings. The van der Waals surface area contributed by atoms with Crippen LogP contribution < -0.4 is 5.32 Å². The Kier molecular flexibility index (Phi) is 29.6. The van der Waals surface area contributed by atoms with E-state index in [4.69, 9.17) is 23.3 Å². The maximum atomic E-state index is 12.8. The van der Waals surface area contributed by atoms with E-state index >= 15 is 0 Å². The third-order valence-electron chi connectivity index (χ3n) is 7.97. The lowest BCUT2D eigenvalue weighted by Crippen LogP contribution is -2.44. The van der Waals surface area contributed by atoms with Crippen molar-refractivity contribution in [2.75, 3.05) is 26.4 Å². The quantitative estimate of drug-likeness (QED) is 0.0318. The maximum Gasteiger partial charge on any atom is 0.408 e. The molecule has 0 saturated heterocycles. The summed E-state index contributed by atoms with van der Waals surface area (Å²) in [4.78, 5) is 25.5. The van der Waals surface area contributed by atoms with Crippen molar-refractivity contribution in [2.45, 2.75) is 201 Å². The average Bonchev–Trinajstić information content (AvgIpc) is 3.01. The second-order valence-electron chi connectivity index (χ2n) is 14.8. The van der Waals surface area contributed by atoms with Crippen LogP contribution in [-0.4, -0.2) is 73.0 Å². The molecule has 0 heterocycles. The van der Waals surface area contributed by atoms with E-state index in [1.165, 1.54) is 64.2 Å². The maximum absolute atomic E-state index is 12.8. The van der Waals surface area contributed by atoms with Crippen LogP contribution in [0.5, 0.6) is 0 Å². The number of amides is 1. The molecule has 1 N–H and O–H groups in total. The highest BCUT2D eigenvalue weighted by Crippen LogP contribution is 2.45. The molecule has 0 saturated carbocycles. The fraction of sp³-hybridized carbons (Fsp3) is 0.897. The van der Waals surface area contributed by atoms with Crippen LogP contribution in [0.25, 0.3) is 0 Å². The smallest absolute Gasteiger partial charge is 0.408 e. The summed E-state index contributed by atoms with van der Waals surface area (Å²) in [7, 11) is -1.40. The number of rotatable bonds is 32. The fourth-order valence-corrected chi connectivity index (χ4v) is 7.16. The van der Waals surface area contributed by atoms with E-state index in [-0.39, 0.29) is 37.4 Å². The fourth-order valence-electron chi connectivity index (χ4n) is 5.52. The SMILES string of the molecule is C=CCOP(OC[C@@H](COCC[C@@H](CCCCCCC)OC(=O)CCCCCCCCCCC)NC(=O)OC(C)(C)C)N(C(C)C)C(C)C. The first-order valence-corrected chi connectivity index (χ1v) is 20.7. The molecule has 0 aromatic heterocycles. The molecule has 290 valence electrons. The molecule has 0 aromatic rings. The summed E-state index contributed by atoms with van der Waals surface area (Å²) >= 11 is 0. The van der Waals surface area contributed by atoms with E-state index in [0.717, 1.165) is 32.1 Å². The Labute approximate surface area is 303 Å². The van der Waals surface area contributed by atoms with Crippen LogP contribution in [0, 0.1) is 0 Å². The van der Waals surface area contributed by atoms with Gasteiger partial charge in [0.05, 0.1) is 32.5 Å². The number of hydrogen-bond donors (Lipinski definition) is 1. The normalized spacial score (nSPS) is 13.9. The van der Waals surface area contributed by atoms with Crippen LogP contribution in [0.3, 0.4) is 0 Å². The van der Waals surface area contributed by atoms with E-state index < -0.39 is 26.3 Å². The highest BCUT2D eigenvalue weighted by Gasteiger charge is 2.29. The minimum atomic E-state index is -1.40. The number of carbonyl (C=O) groups is 2.